The summed E-state index contributed by atoms with van der Waals surface area (Å²) in [5, 5.41) is 2.68. The molecule has 1 N–H and O–H groups in total. The van der Waals surface area contributed by atoms with Crippen LogP contribution < -0.4 is 5.32 Å². The van der Waals surface area contributed by atoms with Gasteiger partial charge in [0.2, 0.25) is 0 Å². The molecule has 1 aromatic heterocycles. The van der Waals surface area contributed by atoms with Crippen LogP contribution in [0, 0.1) is 0 Å². The average Bonchev–Trinajstić information content (AvgIpc) is 2.26. The Morgan fingerprint density at radius 1 is 1.47 bits per heavy atom. The Labute approximate surface area is 96.4 Å². The van der Waals surface area contributed by atoms with Gasteiger partial charge in [0, 0.05) is 18.0 Å². The van der Waals surface area contributed by atoms with Gasteiger partial charge in [0.25, 0.3) is 5.78 Å². The van der Waals surface area contributed by atoms with Gasteiger partial charge in [0.1, 0.15) is 0 Å². The van der Waals surface area contributed by atoms with Crippen LogP contribution in [0.25, 0.3) is 0 Å². The summed E-state index contributed by atoms with van der Waals surface area (Å²) >= 11 is 0. The van der Waals surface area contributed by atoms with E-state index in [0.29, 0.717) is 11.8 Å². The van der Waals surface area contributed by atoms with Crippen molar-refractivity contribution in [1.29, 1.82) is 0 Å². The fraction of sp³-hybridized carbons (Fsp3) is 0.273. The monoisotopic (exact) mass is 244 g/mol. The van der Waals surface area contributed by atoms with Crippen LogP contribution in [-0.4, -0.2) is 16.9 Å². The lowest BCUT2D eigenvalue weighted by Gasteiger charge is -2.06. The van der Waals surface area contributed by atoms with E-state index in [1.807, 2.05) is 0 Å². The highest BCUT2D eigenvalue weighted by molar-refractivity contribution is 5.94. The van der Waals surface area contributed by atoms with E-state index in [-0.39, 0.29) is 12.2 Å². The SMILES string of the molecule is CC(=CC(=O)C(F)(F)F)NCc1ccccn1. The van der Waals surface area contributed by atoms with Crippen molar-refractivity contribution in [3.63, 3.8) is 0 Å². The average molecular weight is 244 g/mol. The number of hydrogen-bond acceptors (Lipinski definition) is 3. The third-order valence-electron chi connectivity index (χ3n) is 1.90. The van der Waals surface area contributed by atoms with E-state index in [1.165, 1.54) is 6.92 Å². The predicted molar refractivity (Wildman–Crippen MR) is 55.9 cm³/mol. The summed E-state index contributed by atoms with van der Waals surface area (Å²) in [6.45, 7) is 1.67. The number of allylic oxidation sites excluding steroid dienone is 2. The first kappa shape index (κ1) is 13.2. The van der Waals surface area contributed by atoms with Crippen LogP contribution in [0.15, 0.2) is 36.2 Å². The van der Waals surface area contributed by atoms with Gasteiger partial charge in [-0.15, -0.1) is 0 Å². The summed E-state index contributed by atoms with van der Waals surface area (Å²) in [6.07, 6.45) is -2.71. The number of alkyl halides is 3. The molecule has 0 amide bonds. The number of nitrogens with one attached hydrogen (secondary N) is 1. The fourth-order valence-electron chi connectivity index (χ4n) is 1.06. The highest BCUT2D eigenvalue weighted by Gasteiger charge is 2.36. The van der Waals surface area contributed by atoms with E-state index < -0.39 is 12.0 Å². The smallest absolute Gasteiger partial charge is 0.383 e. The van der Waals surface area contributed by atoms with Gasteiger partial charge in [-0.2, -0.15) is 13.2 Å². The summed E-state index contributed by atoms with van der Waals surface area (Å²) < 4.78 is 35.8. The van der Waals surface area contributed by atoms with Crippen molar-refractivity contribution in [2.24, 2.45) is 0 Å². The normalized spacial score (nSPS) is 12.4. The third-order valence-corrected chi connectivity index (χ3v) is 1.90. The van der Waals surface area contributed by atoms with E-state index >= 15 is 0 Å². The Balaban J connectivity index is 2.53. The molecule has 0 saturated carbocycles. The van der Waals surface area contributed by atoms with Crippen LogP contribution in [0.3, 0.4) is 0 Å². The van der Waals surface area contributed by atoms with Crippen molar-refractivity contribution in [1.82, 2.24) is 10.3 Å². The molecule has 0 spiro atoms. The van der Waals surface area contributed by atoms with E-state index in [4.69, 9.17) is 0 Å². The van der Waals surface area contributed by atoms with E-state index in [9.17, 15) is 18.0 Å². The maximum atomic E-state index is 11.9. The number of hydrogen-bond donors (Lipinski definition) is 1. The van der Waals surface area contributed by atoms with Crippen molar-refractivity contribution < 1.29 is 18.0 Å². The van der Waals surface area contributed by atoms with Gasteiger partial charge in [-0.1, -0.05) is 6.07 Å². The Kier molecular flexibility index (Phi) is 4.25. The highest BCUT2D eigenvalue weighted by atomic mass is 19.4. The second kappa shape index (κ2) is 5.47. The summed E-state index contributed by atoms with van der Waals surface area (Å²) in [4.78, 5) is 14.6. The van der Waals surface area contributed by atoms with Gasteiger partial charge in [0.15, 0.2) is 0 Å². The molecule has 0 fully saturated rings. The zero-order valence-corrected chi connectivity index (χ0v) is 9.08. The number of rotatable bonds is 4. The van der Waals surface area contributed by atoms with Crippen LogP contribution in [0.2, 0.25) is 0 Å². The standard InChI is InChI=1S/C11H11F3N2O/c1-8(6-10(17)11(12,13)14)16-7-9-4-2-3-5-15-9/h2-6,16H,7H2,1H3. The molecule has 0 aliphatic rings. The summed E-state index contributed by atoms with van der Waals surface area (Å²) in [5.74, 6) is -1.87. The first-order chi connectivity index (χ1) is 7.89. The molecule has 0 aliphatic carbocycles. The second-order valence-electron chi connectivity index (χ2n) is 3.36. The minimum absolute atomic E-state index is 0.151. The second-order valence-corrected chi connectivity index (χ2v) is 3.36. The Morgan fingerprint density at radius 2 is 2.18 bits per heavy atom. The molecule has 17 heavy (non-hydrogen) atoms. The first-order valence-corrected chi connectivity index (χ1v) is 4.83. The van der Waals surface area contributed by atoms with Crippen LogP contribution in [0.1, 0.15) is 12.6 Å². The quantitative estimate of drug-likeness (QED) is 0.825. The van der Waals surface area contributed by atoms with Crippen molar-refractivity contribution in [3.05, 3.63) is 41.9 Å². The number of halogens is 3. The van der Waals surface area contributed by atoms with Crippen LogP contribution >= 0.6 is 0 Å². The van der Waals surface area contributed by atoms with Crippen molar-refractivity contribution in [2.75, 3.05) is 0 Å². The Bertz CT molecular complexity index is 412. The molecular formula is C11H11F3N2O. The number of nitrogens with zero attached hydrogens (tertiary/aromatic N) is 1. The van der Waals surface area contributed by atoms with Gasteiger partial charge in [-0.25, -0.2) is 0 Å². The summed E-state index contributed by atoms with van der Waals surface area (Å²) in [5.41, 5.74) is 0.831. The largest absolute Gasteiger partial charge is 0.454 e. The molecule has 6 heteroatoms. The summed E-state index contributed by atoms with van der Waals surface area (Å²) in [6, 6.07) is 5.23. The lowest BCUT2D eigenvalue weighted by Crippen LogP contribution is -2.22. The maximum absolute atomic E-state index is 11.9. The van der Waals surface area contributed by atoms with Crippen molar-refractivity contribution in [2.45, 2.75) is 19.6 Å². The van der Waals surface area contributed by atoms with E-state index in [1.54, 1.807) is 24.4 Å². The number of ketones is 1. The number of carbonyl (C=O) groups is 1. The fourth-order valence-corrected chi connectivity index (χ4v) is 1.06. The van der Waals surface area contributed by atoms with Crippen LogP contribution in [0.4, 0.5) is 13.2 Å². The molecular weight excluding hydrogens is 233 g/mol. The van der Waals surface area contributed by atoms with Gasteiger partial charge >= 0.3 is 6.18 Å². The molecule has 1 aromatic rings. The molecule has 0 aromatic carbocycles. The Hall–Kier alpha value is -1.85. The number of aromatic nitrogens is 1. The molecule has 1 heterocycles. The molecule has 0 radical (unpaired) electrons. The van der Waals surface area contributed by atoms with Gasteiger partial charge in [-0.3, -0.25) is 9.78 Å². The zero-order valence-electron chi connectivity index (χ0n) is 9.08. The Morgan fingerprint density at radius 3 is 2.71 bits per heavy atom. The minimum Gasteiger partial charge on any atom is -0.383 e. The van der Waals surface area contributed by atoms with Crippen molar-refractivity contribution in [3.8, 4) is 0 Å². The molecule has 3 nitrogen and oxygen atoms in total. The zero-order chi connectivity index (χ0) is 12.9. The molecule has 1 rings (SSSR count). The maximum Gasteiger partial charge on any atom is 0.454 e. The molecule has 0 unspecified atom stereocenters. The topological polar surface area (TPSA) is 42.0 Å². The van der Waals surface area contributed by atoms with Gasteiger partial charge in [0.05, 0.1) is 12.2 Å². The van der Waals surface area contributed by atoms with E-state index in [2.05, 4.69) is 10.3 Å². The third kappa shape index (κ3) is 4.67. The van der Waals surface area contributed by atoms with Crippen LogP contribution in [-0.2, 0) is 11.3 Å². The number of pyridine rings is 1. The van der Waals surface area contributed by atoms with E-state index in [0.717, 1.165) is 0 Å². The van der Waals surface area contributed by atoms with Gasteiger partial charge < -0.3 is 5.32 Å². The molecule has 0 bridgehead atoms. The summed E-state index contributed by atoms with van der Waals surface area (Å²) in [7, 11) is 0. The lowest BCUT2D eigenvalue weighted by molar-refractivity contribution is -0.165. The highest BCUT2D eigenvalue weighted by Crippen LogP contribution is 2.16. The van der Waals surface area contributed by atoms with Crippen molar-refractivity contribution >= 4 is 5.78 Å². The number of carbonyl (C=O) groups excluding carboxylic acids is 1. The van der Waals surface area contributed by atoms with Gasteiger partial charge in [-0.05, 0) is 19.1 Å². The molecule has 0 atom stereocenters. The van der Waals surface area contributed by atoms with Crippen LogP contribution in [0.5, 0.6) is 0 Å². The minimum atomic E-state index is -4.83. The first-order valence-electron chi connectivity index (χ1n) is 4.83. The predicted octanol–water partition coefficient (Wildman–Crippen LogP) is 2.21. The molecule has 0 saturated heterocycles. The molecule has 92 valence electrons. The lowest BCUT2D eigenvalue weighted by atomic mass is 10.3. The molecule has 0 aliphatic heterocycles.